The van der Waals surface area contributed by atoms with Gasteiger partial charge in [0, 0.05) is 25.4 Å². The molecule has 0 saturated carbocycles. The van der Waals surface area contributed by atoms with Crippen LogP contribution in [0.5, 0.6) is 0 Å². The third kappa shape index (κ3) is 4.91. The summed E-state index contributed by atoms with van der Waals surface area (Å²) >= 11 is 0. The number of hydrogen-bond donors (Lipinski definition) is 0. The lowest BCUT2D eigenvalue weighted by atomic mass is 10.00. The molecule has 1 atom stereocenters. The average Bonchev–Trinajstić information content (AvgIpc) is 3.52. The van der Waals surface area contributed by atoms with Crippen molar-refractivity contribution in [2.75, 3.05) is 18.0 Å². The number of benzene rings is 1. The van der Waals surface area contributed by atoms with E-state index >= 15 is 0 Å². The fraction of sp³-hybridized carbons (Fsp3) is 0.357. The van der Waals surface area contributed by atoms with Gasteiger partial charge in [0.05, 0.1) is 58.4 Å². The van der Waals surface area contributed by atoms with E-state index in [1.165, 1.54) is 28.9 Å². The van der Waals surface area contributed by atoms with Crippen LogP contribution in [0.2, 0.25) is 0 Å². The number of halogens is 1. The Hall–Kier alpha value is -4.77. The van der Waals surface area contributed by atoms with Crippen LogP contribution in [0.15, 0.2) is 36.5 Å². The second-order valence-electron chi connectivity index (χ2n) is 10.5. The number of piperidine rings is 1. The largest absolute Gasteiger partial charge is 0.443 e. The van der Waals surface area contributed by atoms with Gasteiger partial charge in [0.1, 0.15) is 11.4 Å². The lowest BCUT2D eigenvalue weighted by molar-refractivity contribution is 0.0247. The molecule has 0 bridgehead atoms. The molecule has 0 aliphatic carbocycles. The summed E-state index contributed by atoms with van der Waals surface area (Å²) in [5.74, 6) is -0.727. The zero-order valence-electron chi connectivity index (χ0n) is 21.8. The van der Waals surface area contributed by atoms with E-state index in [4.69, 9.17) is 4.74 Å². The molecule has 3 aromatic rings. The van der Waals surface area contributed by atoms with E-state index in [2.05, 4.69) is 16.2 Å². The first-order chi connectivity index (χ1) is 18.6. The molecule has 5 rings (SSSR count). The third-order valence-corrected chi connectivity index (χ3v) is 6.59. The quantitative estimate of drug-likeness (QED) is 0.484. The van der Waals surface area contributed by atoms with Crippen molar-refractivity contribution in [3.05, 3.63) is 59.2 Å². The average molecular weight is 528 g/mol. The number of fused-ring (bicyclic) bond motifs is 1. The maximum absolute atomic E-state index is 15.0. The van der Waals surface area contributed by atoms with Crippen LogP contribution < -0.4 is 4.90 Å². The topological polar surface area (TPSA) is 128 Å². The summed E-state index contributed by atoms with van der Waals surface area (Å²) in [6.45, 7) is 6.20. The molecule has 2 aliphatic heterocycles. The van der Waals surface area contributed by atoms with Gasteiger partial charge in [0.25, 0.3) is 5.91 Å². The van der Waals surface area contributed by atoms with Crippen molar-refractivity contribution in [1.29, 1.82) is 10.5 Å². The number of amides is 2. The first-order valence-corrected chi connectivity index (χ1v) is 12.6. The molecule has 1 saturated heterocycles. The number of carbonyl (C=O) groups is 2. The summed E-state index contributed by atoms with van der Waals surface area (Å²) in [5, 5.41) is 23.7. The molecule has 2 aromatic heterocycles. The van der Waals surface area contributed by atoms with Crippen LogP contribution in [0, 0.1) is 34.4 Å². The van der Waals surface area contributed by atoms with Crippen LogP contribution >= 0.6 is 0 Å². The Kier molecular flexibility index (Phi) is 6.52. The van der Waals surface area contributed by atoms with E-state index < -0.39 is 23.4 Å². The Labute approximate surface area is 224 Å². The van der Waals surface area contributed by atoms with E-state index in [-0.39, 0.29) is 40.5 Å². The Balaban J connectivity index is 1.62. The maximum atomic E-state index is 15.0. The zero-order valence-corrected chi connectivity index (χ0v) is 21.8. The highest BCUT2D eigenvalue weighted by Crippen LogP contribution is 2.34. The lowest BCUT2D eigenvalue weighted by Gasteiger charge is -2.29. The second-order valence-corrected chi connectivity index (χ2v) is 10.5. The summed E-state index contributed by atoms with van der Waals surface area (Å²) in [6, 6.07) is 11.7. The van der Waals surface area contributed by atoms with Crippen molar-refractivity contribution in [3.63, 3.8) is 0 Å². The molecule has 0 N–H and O–H groups in total. The Bertz CT molecular complexity index is 1560. The van der Waals surface area contributed by atoms with Crippen LogP contribution in [0.4, 0.5) is 15.0 Å². The summed E-state index contributed by atoms with van der Waals surface area (Å²) in [6.07, 6.45) is 2.53. The van der Waals surface area contributed by atoms with E-state index in [1.54, 1.807) is 33.0 Å². The number of nitrogens with zero attached hydrogens (tertiary/aromatic N) is 7. The summed E-state index contributed by atoms with van der Waals surface area (Å²) in [7, 11) is 0. The van der Waals surface area contributed by atoms with E-state index in [1.807, 2.05) is 11.0 Å². The van der Waals surface area contributed by atoms with Crippen LogP contribution in [0.3, 0.4) is 0 Å². The van der Waals surface area contributed by atoms with Crippen molar-refractivity contribution in [3.8, 4) is 29.1 Å². The normalized spacial score (nSPS) is 17.0. The number of imide groups is 1. The number of pyridine rings is 1. The van der Waals surface area contributed by atoms with Crippen molar-refractivity contribution >= 4 is 17.8 Å². The predicted molar refractivity (Wildman–Crippen MR) is 138 cm³/mol. The molecule has 0 radical (unpaired) electrons. The molecule has 198 valence electrons. The number of aromatic nitrogens is 3. The van der Waals surface area contributed by atoms with Crippen molar-refractivity contribution in [2.24, 2.45) is 5.92 Å². The van der Waals surface area contributed by atoms with E-state index in [9.17, 15) is 24.5 Å². The van der Waals surface area contributed by atoms with Gasteiger partial charge < -0.3 is 9.64 Å². The molecule has 1 aromatic carbocycles. The molecule has 1 fully saturated rings. The van der Waals surface area contributed by atoms with Gasteiger partial charge in [-0.2, -0.15) is 15.6 Å². The van der Waals surface area contributed by atoms with Gasteiger partial charge in [0.15, 0.2) is 5.82 Å². The SMILES string of the molecule is CC(C)(C)OC(=O)N1Cc2nc(-c3c(F)cccc3C#N)cc(-n3ccc(N4CCCC(C#N)C4)n3)c2C1=O. The van der Waals surface area contributed by atoms with Gasteiger partial charge in [0.2, 0.25) is 0 Å². The standard InChI is InChI=1S/C28H26FN7O3/c1-28(2,3)39-27(38)35-16-21-25(26(35)37)22(12-20(32-21)24-18(14-31)7-4-8-19(24)29)36-11-9-23(33-36)34-10-5-6-17(13-30)15-34/h4,7-9,11-12,17H,5-6,10,15-16H2,1-3H3. The van der Waals surface area contributed by atoms with E-state index in [0.29, 0.717) is 18.1 Å². The van der Waals surface area contributed by atoms with Gasteiger partial charge in [-0.3, -0.25) is 4.79 Å². The predicted octanol–water partition coefficient (Wildman–Crippen LogP) is 4.58. The number of anilines is 1. The highest BCUT2D eigenvalue weighted by molar-refractivity contribution is 6.08. The molecule has 0 spiro atoms. The van der Waals surface area contributed by atoms with Crippen molar-refractivity contribution in [2.45, 2.75) is 45.8 Å². The molecule has 39 heavy (non-hydrogen) atoms. The van der Waals surface area contributed by atoms with Gasteiger partial charge >= 0.3 is 6.09 Å². The Morgan fingerprint density at radius 2 is 2.00 bits per heavy atom. The fourth-order valence-electron chi connectivity index (χ4n) is 4.85. The first kappa shape index (κ1) is 25.9. The molecular formula is C28H26FN7O3. The number of ether oxygens (including phenoxy) is 1. The fourth-order valence-corrected chi connectivity index (χ4v) is 4.85. The van der Waals surface area contributed by atoms with Crippen molar-refractivity contribution < 1.29 is 18.7 Å². The number of hydrogen-bond acceptors (Lipinski definition) is 8. The van der Waals surface area contributed by atoms with Crippen molar-refractivity contribution in [1.82, 2.24) is 19.7 Å². The lowest BCUT2D eigenvalue weighted by Crippen LogP contribution is -2.37. The molecule has 1 unspecified atom stereocenters. The highest BCUT2D eigenvalue weighted by Gasteiger charge is 2.39. The van der Waals surface area contributed by atoms with Crippen LogP contribution in [-0.4, -0.2) is 50.4 Å². The Morgan fingerprint density at radius 3 is 2.72 bits per heavy atom. The molecule has 2 amide bonds. The minimum atomic E-state index is -0.824. The number of rotatable bonds is 3. The van der Waals surface area contributed by atoms with Crippen LogP contribution in [-0.2, 0) is 11.3 Å². The van der Waals surface area contributed by atoms with Gasteiger partial charge in [-0.25, -0.2) is 23.8 Å². The minimum absolute atomic E-state index is 0.00695. The minimum Gasteiger partial charge on any atom is -0.443 e. The van der Waals surface area contributed by atoms with Gasteiger partial charge in [-0.15, -0.1) is 0 Å². The molecular weight excluding hydrogens is 501 g/mol. The van der Waals surface area contributed by atoms with Crippen LogP contribution in [0.1, 0.15) is 55.2 Å². The molecule has 11 heteroatoms. The van der Waals surface area contributed by atoms with Crippen LogP contribution in [0.25, 0.3) is 16.9 Å². The maximum Gasteiger partial charge on any atom is 0.417 e. The third-order valence-electron chi connectivity index (χ3n) is 6.59. The number of carbonyl (C=O) groups excluding carboxylic acids is 2. The molecule has 10 nitrogen and oxygen atoms in total. The summed E-state index contributed by atoms with van der Waals surface area (Å²) in [5.41, 5.74) is 0.0590. The van der Waals surface area contributed by atoms with E-state index in [0.717, 1.165) is 24.3 Å². The van der Waals surface area contributed by atoms with Gasteiger partial charge in [-0.05, 0) is 51.8 Å². The summed E-state index contributed by atoms with van der Waals surface area (Å²) < 4.78 is 21.9. The first-order valence-electron chi connectivity index (χ1n) is 12.6. The summed E-state index contributed by atoms with van der Waals surface area (Å²) in [4.78, 5) is 33.9. The molecule has 2 aliphatic rings. The molecule has 4 heterocycles. The van der Waals surface area contributed by atoms with Gasteiger partial charge in [-0.1, -0.05) is 6.07 Å². The Morgan fingerprint density at radius 1 is 1.21 bits per heavy atom. The second kappa shape index (κ2) is 9.84. The monoisotopic (exact) mass is 527 g/mol. The highest BCUT2D eigenvalue weighted by atomic mass is 19.1. The smallest absolute Gasteiger partial charge is 0.417 e. The number of nitriles is 2. The zero-order chi connectivity index (χ0) is 27.9.